The van der Waals surface area contributed by atoms with Crippen molar-refractivity contribution in [3.05, 3.63) is 35.9 Å². The third-order valence-electron chi connectivity index (χ3n) is 5.98. The van der Waals surface area contributed by atoms with E-state index in [1.165, 1.54) is 4.52 Å². The van der Waals surface area contributed by atoms with Gasteiger partial charge in [0.2, 0.25) is 0 Å². The van der Waals surface area contributed by atoms with Crippen molar-refractivity contribution in [2.45, 2.75) is 69.0 Å². The summed E-state index contributed by atoms with van der Waals surface area (Å²) in [6.45, 7) is 5.50. The van der Waals surface area contributed by atoms with E-state index in [-0.39, 0.29) is 10.7 Å². The highest BCUT2D eigenvalue weighted by atomic mass is 32.2. The molecule has 0 unspecified atom stereocenters. The Morgan fingerprint density at radius 1 is 1.28 bits per heavy atom. The minimum Gasteiger partial charge on any atom is -0.384 e. The summed E-state index contributed by atoms with van der Waals surface area (Å²) in [6, 6.07) is 4.39. The molecule has 3 aromatic heterocycles. The number of nitrogens with zero attached hydrogens (tertiary/aromatic N) is 4. The van der Waals surface area contributed by atoms with Gasteiger partial charge in [0.05, 0.1) is 17.6 Å². The normalized spacial score (nSPS) is 19.7. The number of aromatic nitrogens is 4. The Morgan fingerprint density at radius 2 is 2.03 bits per heavy atom. The molecule has 1 aliphatic rings. The molecule has 0 radical (unpaired) electrons. The van der Waals surface area contributed by atoms with Crippen LogP contribution in [0.3, 0.4) is 0 Å². The van der Waals surface area contributed by atoms with Crippen LogP contribution in [0.1, 0.15) is 51.4 Å². The summed E-state index contributed by atoms with van der Waals surface area (Å²) >= 11 is 0. The Balaban J connectivity index is 1.78. The largest absolute Gasteiger partial charge is 0.384 e. The molecule has 10 heteroatoms. The summed E-state index contributed by atoms with van der Waals surface area (Å²) in [7, 11) is -3.60. The third kappa shape index (κ3) is 4.35. The zero-order chi connectivity index (χ0) is 23.3. The maximum Gasteiger partial charge on any atom is 0.180 e. The van der Waals surface area contributed by atoms with Crippen LogP contribution in [0.5, 0.6) is 0 Å². The summed E-state index contributed by atoms with van der Waals surface area (Å²) in [5.74, 6) is 0.0626. The van der Waals surface area contributed by atoms with Gasteiger partial charge in [-0.25, -0.2) is 13.4 Å². The zero-order valence-electron chi connectivity index (χ0n) is 18.8. The van der Waals surface area contributed by atoms with Gasteiger partial charge in [0, 0.05) is 35.7 Å². The number of anilines is 1. The maximum absolute atomic E-state index is 12.6. The summed E-state index contributed by atoms with van der Waals surface area (Å²) in [5.41, 5.74) is 8.19. The molecular weight excluding hydrogens is 428 g/mol. The van der Waals surface area contributed by atoms with Crippen LogP contribution in [0.25, 0.3) is 16.8 Å². The number of nitrogens with one attached hydrogen (secondary N) is 1. The minimum absolute atomic E-state index is 0.0428. The van der Waals surface area contributed by atoms with Gasteiger partial charge in [0.25, 0.3) is 0 Å². The van der Waals surface area contributed by atoms with Crippen molar-refractivity contribution in [1.29, 1.82) is 0 Å². The van der Waals surface area contributed by atoms with Crippen LogP contribution < -0.4 is 11.1 Å². The molecule has 1 fully saturated rings. The van der Waals surface area contributed by atoms with Crippen molar-refractivity contribution in [1.82, 2.24) is 24.9 Å². The first-order chi connectivity index (χ1) is 14.9. The number of aryl methyl sites for hydroxylation is 1. The van der Waals surface area contributed by atoms with E-state index in [1.54, 1.807) is 32.3 Å². The van der Waals surface area contributed by atoms with Crippen LogP contribution in [0.15, 0.2) is 29.4 Å². The van der Waals surface area contributed by atoms with Crippen molar-refractivity contribution < 1.29 is 13.5 Å². The molecule has 9 nitrogen and oxygen atoms in total. The smallest absolute Gasteiger partial charge is 0.180 e. The first-order valence-corrected chi connectivity index (χ1v) is 12.7. The molecule has 0 aromatic carbocycles. The van der Waals surface area contributed by atoms with E-state index in [9.17, 15) is 13.5 Å². The Kier molecular flexibility index (Phi) is 5.72. The topological polar surface area (TPSA) is 136 Å². The summed E-state index contributed by atoms with van der Waals surface area (Å²) in [4.78, 5) is 9.13. The Hall–Kier alpha value is -2.56. The first-order valence-electron chi connectivity index (χ1n) is 10.8. The van der Waals surface area contributed by atoms with Crippen molar-refractivity contribution in [2.75, 3.05) is 12.0 Å². The average molecular weight is 459 g/mol. The lowest BCUT2D eigenvalue weighted by Crippen LogP contribution is -2.27. The van der Waals surface area contributed by atoms with E-state index in [1.807, 2.05) is 6.07 Å². The molecule has 4 N–H and O–H groups in total. The van der Waals surface area contributed by atoms with Gasteiger partial charge in [0.1, 0.15) is 16.3 Å². The van der Waals surface area contributed by atoms with Crippen molar-refractivity contribution in [3.8, 4) is 11.1 Å². The lowest BCUT2D eigenvalue weighted by Gasteiger charge is -2.16. The minimum atomic E-state index is -3.60. The lowest BCUT2D eigenvalue weighted by atomic mass is 10.0. The molecule has 2 atom stereocenters. The van der Waals surface area contributed by atoms with Crippen LogP contribution in [-0.4, -0.2) is 51.4 Å². The van der Waals surface area contributed by atoms with E-state index in [4.69, 9.17) is 10.7 Å². The second kappa shape index (κ2) is 8.09. The number of nitrogens with two attached hydrogens (primary N) is 1. The second-order valence-corrected chi connectivity index (χ2v) is 11.2. The van der Waals surface area contributed by atoms with Gasteiger partial charge in [-0.2, -0.15) is 9.61 Å². The number of hydrogen-bond donors (Lipinski definition) is 3. The Morgan fingerprint density at radius 3 is 2.59 bits per heavy atom. The van der Waals surface area contributed by atoms with Gasteiger partial charge >= 0.3 is 0 Å². The number of aliphatic hydroxyl groups is 1. The summed E-state index contributed by atoms with van der Waals surface area (Å²) < 4.78 is 26.5. The number of fused-ring (bicyclic) bond motifs is 1. The molecule has 3 aromatic rings. The quantitative estimate of drug-likeness (QED) is 0.511. The maximum atomic E-state index is 12.6. The average Bonchev–Trinajstić information content (AvgIpc) is 3.31. The van der Waals surface area contributed by atoms with Crippen LogP contribution in [0.2, 0.25) is 0 Å². The van der Waals surface area contributed by atoms with Gasteiger partial charge in [-0.1, -0.05) is 6.07 Å². The highest BCUT2D eigenvalue weighted by molar-refractivity contribution is 7.91. The van der Waals surface area contributed by atoms with Crippen LogP contribution >= 0.6 is 0 Å². The molecule has 0 saturated carbocycles. The zero-order valence-corrected chi connectivity index (χ0v) is 19.6. The first kappa shape index (κ1) is 22.6. The van der Waals surface area contributed by atoms with Gasteiger partial charge in [-0.05, 0) is 52.5 Å². The summed E-state index contributed by atoms with van der Waals surface area (Å²) in [5, 5.41) is 18.0. The molecule has 0 bridgehead atoms. The standard InChI is InChI=1S/C22H30N6O3S/c1-13-5-7-15(26-13)8-9-17-19(32(4,30)31)20(23)28-21(27-17)16(12-25-28)14-6-10-18(24-11-14)22(2,3)29/h6,10-13,15,26,29H,5,7-9,23H2,1-4H3/t13-,15-/m1/s1. The second-order valence-electron chi connectivity index (χ2n) is 9.21. The van der Waals surface area contributed by atoms with Crippen LogP contribution in [0, 0.1) is 0 Å². The predicted molar refractivity (Wildman–Crippen MR) is 123 cm³/mol. The molecular formula is C22H30N6O3S. The van der Waals surface area contributed by atoms with Gasteiger partial charge in [-0.15, -0.1) is 0 Å². The van der Waals surface area contributed by atoms with Gasteiger partial charge < -0.3 is 16.2 Å². The van der Waals surface area contributed by atoms with E-state index in [2.05, 4.69) is 22.3 Å². The van der Waals surface area contributed by atoms with E-state index in [0.29, 0.717) is 41.1 Å². The summed E-state index contributed by atoms with van der Waals surface area (Å²) in [6.07, 6.45) is 7.85. The number of nitrogen functional groups attached to an aromatic ring is 1. The highest BCUT2D eigenvalue weighted by Gasteiger charge is 2.26. The fourth-order valence-electron chi connectivity index (χ4n) is 4.30. The van der Waals surface area contributed by atoms with Crippen LogP contribution in [0.4, 0.5) is 5.82 Å². The molecule has 32 heavy (non-hydrogen) atoms. The Bertz CT molecular complexity index is 1250. The van der Waals surface area contributed by atoms with E-state index < -0.39 is 15.4 Å². The van der Waals surface area contributed by atoms with Gasteiger partial charge in [0.15, 0.2) is 15.5 Å². The van der Waals surface area contributed by atoms with Crippen molar-refractivity contribution in [2.24, 2.45) is 0 Å². The predicted octanol–water partition coefficient (Wildman–Crippen LogP) is 2.08. The van der Waals surface area contributed by atoms with E-state index >= 15 is 0 Å². The monoisotopic (exact) mass is 458 g/mol. The number of rotatable bonds is 6. The van der Waals surface area contributed by atoms with Crippen molar-refractivity contribution in [3.63, 3.8) is 0 Å². The third-order valence-corrected chi connectivity index (χ3v) is 7.16. The van der Waals surface area contributed by atoms with Gasteiger partial charge in [-0.3, -0.25) is 4.98 Å². The molecule has 4 rings (SSSR count). The molecule has 0 aliphatic carbocycles. The van der Waals surface area contributed by atoms with Crippen molar-refractivity contribution >= 4 is 21.3 Å². The molecule has 4 heterocycles. The SMILES string of the molecule is C[C@@H]1CC[C@H](CCc2nc3c(-c4ccc(C(C)(C)O)nc4)cnn3c(N)c2S(C)(=O)=O)N1. The fraction of sp³-hybridized carbons (Fsp3) is 0.500. The van der Waals surface area contributed by atoms with E-state index in [0.717, 1.165) is 31.1 Å². The molecule has 1 saturated heterocycles. The molecule has 0 spiro atoms. The molecule has 172 valence electrons. The number of sulfone groups is 1. The lowest BCUT2D eigenvalue weighted by molar-refractivity contribution is 0.0739. The fourth-order valence-corrected chi connectivity index (χ4v) is 5.34. The molecule has 0 amide bonds. The van der Waals surface area contributed by atoms with Crippen LogP contribution in [-0.2, 0) is 21.9 Å². The number of hydrogen-bond acceptors (Lipinski definition) is 8. The highest BCUT2D eigenvalue weighted by Crippen LogP contribution is 2.31. The number of pyridine rings is 1. The molecule has 1 aliphatic heterocycles. The Labute approximate surface area is 188 Å².